The van der Waals surface area contributed by atoms with Gasteiger partial charge >= 0.3 is 6.03 Å². The van der Waals surface area contributed by atoms with Crippen molar-refractivity contribution in [2.45, 2.75) is 65.0 Å². The molecule has 2 bridgehead atoms. The first-order valence-electron chi connectivity index (χ1n) is 7.19. The fourth-order valence-electron chi connectivity index (χ4n) is 3.42. The van der Waals surface area contributed by atoms with Crippen molar-refractivity contribution in [3.8, 4) is 0 Å². The maximum atomic E-state index is 12.1. The van der Waals surface area contributed by atoms with Crippen LogP contribution in [-0.4, -0.2) is 29.6 Å². The summed E-state index contributed by atoms with van der Waals surface area (Å²) in [7, 11) is 0. The zero-order valence-corrected chi connectivity index (χ0v) is 11.4. The number of amides is 2. The molecular formula is C14H26N2O. The lowest BCUT2D eigenvalue weighted by Crippen LogP contribution is -2.51. The molecule has 2 unspecified atom stereocenters. The van der Waals surface area contributed by atoms with Crippen molar-refractivity contribution in [2.24, 2.45) is 11.8 Å². The second-order valence-electron chi connectivity index (χ2n) is 6.00. The number of urea groups is 1. The molecule has 2 atom stereocenters. The van der Waals surface area contributed by atoms with E-state index < -0.39 is 0 Å². The van der Waals surface area contributed by atoms with Gasteiger partial charge in [0.05, 0.1) is 0 Å². The first-order chi connectivity index (χ1) is 8.13. The summed E-state index contributed by atoms with van der Waals surface area (Å²) in [4.78, 5) is 14.3. The van der Waals surface area contributed by atoms with Gasteiger partial charge in [-0.05, 0) is 43.9 Å². The summed E-state index contributed by atoms with van der Waals surface area (Å²) < 4.78 is 0. The highest BCUT2D eigenvalue weighted by Gasteiger charge is 2.43. The summed E-state index contributed by atoms with van der Waals surface area (Å²) in [5.41, 5.74) is 0. The molecule has 0 aromatic heterocycles. The van der Waals surface area contributed by atoms with E-state index >= 15 is 0 Å². The van der Waals surface area contributed by atoms with Gasteiger partial charge < -0.3 is 10.2 Å². The fraction of sp³-hybridized carbons (Fsp3) is 0.929. The van der Waals surface area contributed by atoms with Crippen molar-refractivity contribution < 1.29 is 4.79 Å². The number of nitrogens with zero attached hydrogens (tertiary/aromatic N) is 1. The van der Waals surface area contributed by atoms with Crippen LogP contribution in [0.3, 0.4) is 0 Å². The van der Waals surface area contributed by atoms with E-state index in [9.17, 15) is 4.79 Å². The highest BCUT2D eigenvalue weighted by molar-refractivity contribution is 5.75. The molecule has 3 nitrogen and oxygen atoms in total. The van der Waals surface area contributed by atoms with Crippen molar-refractivity contribution in [3.05, 3.63) is 0 Å². The smallest absolute Gasteiger partial charge is 0.317 e. The molecule has 0 radical (unpaired) electrons. The van der Waals surface area contributed by atoms with Gasteiger partial charge in [-0.2, -0.15) is 0 Å². The molecule has 2 aliphatic rings. The Kier molecular flexibility index (Phi) is 3.95. The third kappa shape index (κ3) is 2.58. The van der Waals surface area contributed by atoms with Crippen molar-refractivity contribution in [1.29, 1.82) is 0 Å². The molecule has 2 fully saturated rings. The molecule has 3 heteroatoms. The Hall–Kier alpha value is -0.730. The Morgan fingerprint density at radius 3 is 2.35 bits per heavy atom. The molecule has 2 aliphatic heterocycles. The summed E-state index contributed by atoms with van der Waals surface area (Å²) in [5.74, 6) is 1.58. The van der Waals surface area contributed by atoms with Crippen LogP contribution in [0.25, 0.3) is 0 Å². The Balaban J connectivity index is 1.96. The molecule has 0 aliphatic carbocycles. The third-order valence-corrected chi connectivity index (χ3v) is 4.47. The molecule has 0 saturated carbocycles. The summed E-state index contributed by atoms with van der Waals surface area (Å²) >= 11 is 0. The zero-order valence-electron chi connectivity index (χ0n) is 11.4. The van der Waals surface area contributed by atoms with E-state index in [1.54, 1.807) is 0 Å². The first-order valence-corrected chi connectivity index (χ1v) is 7.19. The van der Waals surface area contributed by atoms with E-state index in [4.69, 9.17) is 0 Å². The number of rotatable bonds is 3. The van der Waals surface area contributed by atoms with Gasteiger partial charge in [0.2, 0.25) is 0 Å². The molecule has 0 aromatic carbocycles. The average Bonchev–Trinajstić information content (AvgIpc) is 2.56. The molecule has 2 rings (SSSR count). The van der Waals surface area contributed by atoms with Gasteiger partial charge in [-0.3, -0.25) is 0 Å². The van der Waals surface area contributed by atoms with Crippen molar-refractivity contribution in [3.63, 3.8) is 0 Å². The molecule has 2 saturated heterocycles. The Bertz CT molecular complexity index is 263. The number of hydrogen-bond donors (Lipinski definition) is 1. The molecule has 0 aromatic rings. The number of carbonyl (C=O) groups excluding carboxylic acids is 1. The lowest BCUT2D eigenvalue weighted by Gasteiger charge is -2.40. The maximum absolute atomic E-state index is 12.1. The minimum atomic E-state index is 0.182. The topological polar surface area (TPSA) is 32.3 Å². The number of nitrogens with one attached hydrogen (secondary N) is 1. The molecule has 2 heterocycles. The van der Waals surface area contributed by atoms with Crippen LogP contribution in [0, 0.1) is 11.8 Å². The second kappa shape index (κ2) is 5.28. The number of piperidine rings is 1. The minimum absolute atomic E-state index is 0.182. The highest BCUT2D eigenvalue weighted by Crippen LogP contribution is 2.41. The highest BCUT2D eigenvalue weighted by atomic mass is 16.2. The van der Waals surface area contributed by atoms with Crippen LogP contribution in [0.2, 0.25) is 0 Å². The molecule has 1 N–H and O–H groups in total. The predicted molar refractivity (Wildman–Crippen MR) is 69.9 cm³/mol. The molecule has 17 heavy (non-hydrogen) atoms. The summed E-state index contributed by atoms with van der Waals surface area (Å²) in [6.45, 7) is 7.54. The third-order valence-electron chi connectivity index (χ3n) is 4.47. The molecular weight excluding hydrogens is 212 g/mol. The van der Waals surface area contributed by atoms with E-state index in [-0.39, 0.29) is 6.03 Å². The fourth-order valence-corrected chi connectivity index (χ4v) is 3.42. The van der Waals surface area contributed by atoms with Crippen LogP contribution < -0.4 is 5.32 Å². The van der Waals surface area contributed by atoms with Gasteiger partial charge in [0.25, 0.3) is 0 Å². The van der Waals surface area contributed by atoms with E-state index in [2.05, 4.69) is 31.0 Å². The van der Waals surface area contributed by atoms with Crippen LogP contribution in [0.1, 0.15) is 52.9 Å². The number of hydrogen-bond acceptors (Lipinski definition) is 1. The van der Waals surface area contributed by atoms with E-state index in [1.807, 2.05) is 0 Å². The van der Waals surface area contributed by atoms with E-state index in [0.29, 0.717) is 12.1 Å². The predicted octanol–water partition coefficient (Wildman–Crippen LogP) is 3.01. The molecule has 0 spiro atoms. The van der Waals surface area contributed by atoms with Gasteiger partial charge in [-0.15, -0.1) is 0 Å². The van der Waals surface area contributed by atoms with Gasteiger partial charge in [-0.1, -0.05) is 20.8 Å². The lowest BCUT2D eigenvalue weighted by molar-refractivity contribution is 0.106. The second-order valence-corrected chi connectivity index (χ2v) is 6.00. The standard InChI is InChI=1S/C14H26N2O/c1-4-7-15-14(17)16-12-5-6-13(16)9-11(8-12)10(2)3/h10-13H,4-9H2,1-3H3,(H,15,17). The van der Waals surface area contributed by atoms with Gasteiger partial charge in [0.1, 0.15) is 0 Å². The number of carbonyl (C=O) groups is 1. The average molecular weight is 238 g/mol. The SMILES string of the molecule is CCCNC(=O)N1C2CCC1CC(C(C)C)C2. The van der Waals surface area contributed by atoms with Crippen molar-refractivity contribution in [1.82, 2.24) is 10.2 Å². The molecule has 2 amide bonds. The van der Waals surface area contributed by atoms with Crippen LogP contribution in [0.4, 0.5) is 4.79 Å². The van der Waals surface area contributed by atoms with E-state index in [1.165, 1.54) is 25.7 Å². The summed E-state index contributed by atoms with van der Waals surface area (Å²) in [5, 5.41) is 3.03. The number of fused-ring (bicyclic) bond motifs is 2. The monoisotopic (exact) mass is 238 g/mol. The summed E-state index contributed by atoms with van der Waals surface area (Å²) in [6.07, 6.45) is 5.88. The largest absolute Gasteiger partial charge is 0.338 e. The van der Waals surface area contributed by atoms with Crippen LogP contribution >= 0.6 is 0 Å². The van der Waals surface area contributed by atoms with Gasteiger partial charge in [0.15, 0.2) is 0 Å². The van der Waals surface area contributed by atoms with Crippen LogP contribution in [-0.2, 0) is 0 Å². The summed E-state index contributed by atoms with van der Waals surface area (Å²) in [6, 6.07) is 1.21. The first kappa shape index (κ1) is 12.7. The maximum Gasteiger partial charge on any atom is 0.317 e. The van der Waals surface area contributed by atoms with Crippen LogP contribution in [0.5, 0.6) is 0 Å². The van der Waals surface area contributed by atoms with Gasteiger partial charge in [-0.25, -0.2) is 4.79 Å². The molecule has 98 valence electrons. The van der Waals surface area contributed by atoms with Crippen LogP contribution in [0.15, 0.2) is 0 Å². The quantitative estimate of drug-likeness (QED) is 0.805. The Morgan fingerprint density at radius 2 is 1.88 bits per heavy atom. The minimum Gasteiger partial charge on any atom is -0.338 e. The zero-order chi connectivity index (χ0) is 12.4. The Morgan fingerprint density at radius 1 is 1.29 bits per heavy atom. The Labute approximate surface area is 105 Å². The normalized spacial score (nSPS) is 32.0. The lowest BCUT2D eigenvalue weighted by atomic mass is 9.83. The van der Waals surface area contributed by atoms with Crippen molar-refractivity contribution in [2.75, 3.05) is 6.54 Å². The van der Waals surface area contributed by atoms with Crippen molar-refractivity contribution >= 4 is 6.03 Å². The van der Waals surface area contributed by atoms with E-state index in [0.717, 1.165) is 24.8 Å². The van der Waals surface area contributed by atoms with Gasteiger partial charge in [0, 0.05) is 18.6 Å².